The summed E-state index contributed by atoms with van der Waals surface area (Å²) in [6.45, 7) is 0. The zero-order valence-electron chi connectivity index (χ0n) is 33.2. The molecule has 0 spiro atoms. The zero-order chi connectivity index (χ0) is 40.0. The Morgan fingerprint density at radius 2 is 0.574 bits per heavy atom. The molecule has 0 aliphatic rings. The molecule has 0 N–H and O–H groups in total. The number of benzene rings is 12. The van der Waals surface area contributed by atoms with E-state index in [1.54, 1.807) is 0 Å². The molecule has 0 aliphatic carbocycles. The van der Waals surface area contributed by atoms with E-state index in [0.717, 1.165) is 0 Å². The first-order chi connectivity index (χ1) is 30.3. The summed E-state index contributed by atoms with van der Waals surface area (Å²) in [6, 6.07) is 81.6. The fourth-order valence-corrected chi connectivity index (χ4v) is 13.0. The molecular weight excluding hydrogens is 800 g/mol. The molecule has 282 valence electrons. The van der Waals surface area contributed by atoms with E-state index < -0.39 is 0 Å². The van der Waals surface area contributed by atoms with Crippen LogP contribution in [0.2, 0.25) is 0 Å². The Morgan fingerprint density at radius 1 is 0.230 bits per heavy atom. The summed E-state index contributed by atoms with van der Waals surface area (Å²) in [5.74, 6) is 0. The van der Waals surface area contributed by atoms with Crippen molar-refractivity contribution in [2.45, 2.75) is 0 Å². The third-order valence-electron chi connectivity index (χ3n) is 13.0. The van der Waals surface area contributed by atoms with E-state index in [9.17, 15) is 0 Å². The average Bonchev–Trinajstić information content (AvgIpc) is 3.71. The van der Waals surface area contributed by atoms with E-state index in [2.05, 4.69) is 218 Å². The monoisotopic (exact) mass is 836 g/mol. The van der Waals surface area contributed by atoms with Crippen molar-refractivity contribution in [3.8, 4) is 44.5 Å². The summed E-state index contributed by atoms with van der Waals surface area (Å²) in [5.41, 5.74) is 10.4. The fourth-order valence-electron chi connectivity index (χ4n) is 10.5. The van der Waals surface area contributed by atoms with Crippen molar-refractivity contribution in [2.75, 3.05) is 0 Å². The van der Waals surface area contributed by atoms with Gasteiger partial charge in [0.05, 0.1) is 0 Å². The van der Waals surface area contributed by atoms with E-state index in [-0.39, 0.29) is 14.5 Å². The molecular formula is C60H36Se. The first-order valence-corrected chi connectivity index (χ1v) is 22.8. The van der Waals surface area contributed by atoms with Gasteiger partial charge in [0.15, 0.2) is 0 Å². The summed E-state index contributed by atoms with van der Waals surface area (Å²) < 4.78 is 2.91. The van der Waals surface area contributed by atoms with Crippen LogP contribution in [0.5, 0.6) is 0 Å². The quantitative estimate of drug-likeness (QED) is 0.122. The van der Waals surface area contributed by atoms with E-state index in [0.29, 0.717) is 0 Å². The van der Waals surface area contributed by atoms with E-state index >= 15 is 0 Å². The summed E-state index contributed by atoms with van der Waals surface area (Å²) in [6.07, 6.45) is 0. The van der Waals surface area contributed by atoms with Gasteiger partial charge in [-0.25, -0.2) is 0 Å². The molecule has 12 aromatic carbocycles. The molecule has 0 radical (unpaired) electrons. The predicted molar refractivity (Wildman–Crippen MR) is 265 cm³/mol. The standard InChI is InChI=1S/C60H36Se/c1-3-20-40-37(16-1)18-13-30-42(40)57-46-24-7-5-22-44(46)56(45-23-6-8-25-47(45)57)39-34-35-55-54(36-39)52-32-15-33-53(60(52)61-55)59-50-28-11-9-26-48(50)58(49-27-10-12-29-51(49)59)43-31-14-19-38-17-2-4-21-41(38)43/h1-36H. The molecule has 0 saturated carbocycles. The van der Waals surface area contributed by atoms with Crippen LogP contribution < -0.4 is 0 Å². The van der Waals surface area contributed by atoms with Gasteiger partial charge in [0.1, 0.15) is 0 Å². The summed E-state index contributed by atoms with van der Waals surface area (Å²) in [5, 5.41) is 18.1. The molecule has 13 rings (SSSR count). The summed E-state index contributed by atoms with van der Waals surface area (Å²) >= 11 is 0.138. The van der Waals surface area contributed by atoms with Gasteiger partial charge >= 0.3 is 355 Å². The second kappa shape index (κ2) is 13.6. The molecule has 1 aromatic heterocycles. The van der Waals surface area contributed by atoms with E-state index in [4.69, 9.17) is 0 Å². The van der Waals surface area contributed by atoms with Gasteiger partial charge in [-0.3, -0.25) is 0 Å². The molecule has 1 heteroatoms. The van der Waals surface area contributed by atoms with Gasteiger partial charge in [0.25, 0.3) is 0 Å². The summed E-state index contributed by atoms with van der Waals surface area (Å²) in [4.78, 5) is 0. The minimum atomic E-state index is 0.138. The Hall–Kier alpha value is -7.28. The Morgan fingerprint density at radius 3 is 1.05 bits per heavy atom. The normalized spacial score (nSPS) is 11.9. The van der Waals surface area contributed by atoms with Gasteiger partial charge in [0, 0.05) is 0 Å². The summed E-state index contributed by atoms with van der Waals surface area (Å²) in [7, 11) is 0. The van der Waals surface area contributed by atoms with Crippen LogP contribution in [0.25, 0.3) is 128 Å². The average molecular weight is 836 g/mol. The topological polar surface area (TPSA) is 0 Å². The van der Waals surface area contributed by atoms with Crippen molar-refractivity contribution < 1.29 is 0 Å². The van der Waals surface area contributed by atoms with Gasteiger partial charge in [-0.05, 0) is 0 Å². The molecule has 0 fully saturated rings. The van der Waals surface area contributed by atoms with Crippen molar-refractivity contribution in [3.63, 3.8) is 0 Å². The predicted octanol–water partition coefficient (Wildman–Crippen LogP) is 16.6. The third kappa shape index (κ3) is 5.19. The van der Waals surface area contributed by atoms with Crippen LogP contribution in [-0.4, -0.2) is 14.5 Å². The van der Waals surface area contributed by atoms with Crippen LogP contribution in [-0.2, 0) is 0 Å². The maximum absolute atomic E-state index is 2.50. The Bertz CT molecular complexity index is 3820. The van der Waals surface area contributed by atoms with Crippen molar-refractivity contribution in [1.29, 1.82) is 0 Å². The number of rotatable bonds is 4. The third-order valence-corrected chi connectivity index (χ3v) is 15.6. The first-order valence-electron chi connectivity index (χ1n) is 21.1. The molecule has 0 nitrogen and oxygen atoms in total. The van der Waals surface area contributed by atoms with Crippen LogP contribution in [0.4, 0.5) is 0 Å². The second-order valence-electron chi connectivity index (χ2n) is 16.2. The Kier molecular flexibility index (Phi) is 7.72. The second-order valence-corrected chi connectivity index (χ2v) is 18.4. The van der Waals surface area contributed by atoms with Gasteiger partial charge in [-0.2, -0.15) is 0 Å². The molecule has 0 aliphatic heterocycles. The van der Waals surface area contributed by atoms with Gasteiger partial charge in [-0.15, -0.1) is 0 Å². The molecule has 13 aromatic rings. The molecule has 61 heavy (non-hydrogen) atoms. The van der Waals surface area contributed by atoms with Crippen LogP contribution in [0.3, 0.4) is 0 Å². The van der Waals surface area contributed by atoms with Crippen LogP contribution in [0.15, 0.2) is 218 Å². The van der Waals surface area contributed by atoms with Crippen LogP contribution in [0.1, 0.15) is 0 Å². The van der Waals surface area contributed by atoms with Gasteiger partial charge < -0.3 is 0 Å². The fraction of sp³-hybridized carbons (Fsp3) is 0. The van der Waals surface area contributed by atoms with Gasteiger partial charge in [-0.1, -0.05) is 6.07 Å². The minimum absolute atomic E-state index is 0.138. The maximum atomic E-state index is 2.50. The van der Waals surface area contributed by atoms with Crippen molar-refractivity contribution in [2.24, 2.45) is 0 Å². The SMILES string of the molecule is c1ccc2c(-c3c4ccccc4c(-c4ccc5[se]c6c(-c7c8ccccc8c(-c8cccc9ccccc89)c8ccccc78)cccc6c5c4)c4ccccc34)cccc2c1. The molecule has 1 heterocycles. The number of fused-ring (bicyclic) bond motifs is 9. The van der Waals surface area contributed by atoms with Crippen molar-refractivity contribution >= 4 is 98.4 Å². The van der Waals surface area contributed by atoms with E-state index in [1.165, 1.54) is 128 Å². The molecule has 0 saturated heterocycles. The number of hydrogen-bond donors (Lipinski definition) is 0. The first kappa shape index (κ1) is 34.6. The van der Waals surface area contributed by atoms with Crippen molar-refractivity contribution in [1.82, 2.24) is 0 Å². The van der Waals surface area contributed by atoms with E-state index in [1.807, 2.05) is 0 Å². The molecule has 0 bridgehead atoms. The number of hydrogen-bond acceptors (Lipinski definition) is 0. The molecule has 0 atom stereocenters. The van der Waals surface area contributed by atoms with Crippen LogP contribution >= 0.6 is 0 Å². The van der Waals surface area contributed by atoms with Crippen molar-refractivity contribution in [3.05, 3.63) is 218 Å². The Labute approximate surface area is 359 Å². The van der Waals surface area contributed by atoms with Crippen LogP contribution in [0, 0.1) is 0 Å². The molecule has 0 unspecified atom stereocenters. The molecule has 0 amide bonds. The Balaban J connectivity index is 1.06. The van der Waals surface area contributed by atoms with Gasteiger partial charge in [0.2, 0.25) is 0 Å². The zero-order valence-corrected chi connectivity index (χ0v) is 34.9.